The number of nitrogens with two attached hydrogens (primary N) is 1. The zero-order valence-corrected chi connectivity index (χ0v) is 18.0. The monoisotopic (exact) mass is 425 g/mol. The molecule has 0 aromatic carbocycles. The number of morpholine rings is 1. The number of amides is 1. The molecule has 2 heterocycles. The van der Waals surface area contributed by atoms with E-state index in [2.05, 4.69) is 9.80 Å². The van der Waals surface area contributed by atoms with Crippen molar-refractivity contribution in [2.75, 3.05) is 52.5 Å². The van der Waals surface area contributed by atoms with Gasteiger partial charge in [-0.15, -0.1) is 24.8 Å². The first-order valence-corrected chi connectivity index (χ1v) is 10.2. The average molecular weight is 426 g/mol. The largest absolute Gasteiger partial charge is 0.379 e. The first-order chi connectivity index (χ1) is 12.2. The molecule has 1 aliphatic carbocycles. The van der Waals surface area contributed by atoms with Crippen molar-refractivity contribution >= 4 is 30.7 Å². The topological polar surface area (TPSA) is 68.0 Å². The number of halogens is 2. The SMILES string of the molecule is Cl.Cl.NCCCOC1CCN(C(=O)CC2(N3CCOCC3)CCCC2)CC1. The van der Waals surface area contributed by atoms with E-state index in [-0.39, 0.29) is 30.4 Å². The second-order valence-corrected chi connectivity index (χ2v) is 7.80. The van der Waals surface area contributed by atoms with Gasteiger partial charge in [-0.3, -0.25) is 9.69 Å². The third kappa shape index (κ3) is 6.72. The van der Waals surface area contributed by atoms with Crippen molar-refractivity contribution in [2.24, 2.45) is 5.73 Å². The summed E-state index contributed by atoms with van der Waals surface area (Å²) < 4.78 is 11.4. The quantitative estimate of drug-likeness (QED) is 0.633. The number of hydrogen-bond acceptors (Lipinski definition) is 5. The van der Waals surface area contributed by atoms with Crippen LogP contribution in [0.1, 0.15) is 51.4 Å². The van der Waals surface area contributed by atoms with Crippen LogP contribution in [0.3, 0.4) is 0 Å². The molecule has 0 radical (unpaired) electrons. The van der Waals surface area contributed by atoms with Gasteiger partial charge in [0.25, 0.3) is 0 Å². The third-order valence-corrected chi connectivity index (χ3v) is 6.19. The number of likely N-dealkylation sites (tertiary alicyclic amines) is 1. The predicted molar refractivity (Wildman–Crippen MR) is 112 cm³/mol. The van der Waals surface area contributed by atoms with E-state index in [1.165, 1.54) is 12.8 Å². The standard InChI is InChI=1S/C19H35N3O3.2ClH/c20-8-3-13-25-17-4-9-21(10-5-17)18(23)16-19(6-1-2-7-19)22-11-14-24-15-12-22;;/h17H,1-16,20H2;2*1H. The molecule has 2 N–H and O–H groups in total. The lowest BCUT2D eigenvalue weighted by atomic mass is 9.89. The number of rotatable bonds is 7. The van der Waals surface area contributed by atoms with Gasteiger partial charge in [0.1, 0.15) is 0 Å². The third-order valence-electron chi connectivity index (χ3n) is 6.19. The number of ether oxygens (including phenoxy) is 2. The fourth-order valence-corrected chi connectivity index (χ4v) is 4.67. The number of hydrogen-bond donors (Lipinski definition) is 1. The van der Waals surface area contributed by atoms with E-state index in [4.69, 9.17) is 15.2 Å². The van der Waals surface area contributed by atoms with Gasteiger partial charge in [-0.25, -0.2) is 0 Å². The highest BCUT2D eigenvalue weighted by Gasteiger charge is 2.42. The van der Waals surface area contributed by atoms with E-state index in [1.807, 2.05) is 0 Å². The van der Waals surface area contributed by atoms with Gasteiger partial charge in [0.15, 0.2) is 0 Å². The van der Waals surface area contributed by atoms with Crippen molar-refractivity contribution < 1.29 is 14.3 Å². The summed E-state index contributed by atoms with van der Waals surface area (Å²) in [5.74, 6) is 0.341. The molecule has 1 saturated carbocycles. The minimum absolute atomic E-state index is 0. The van der Waals surface area contributed by atoms with Gasteiger partial charge in [-0.05, 0) is 38.6 Å². The van der Waals surface area contributed by atoms with E-state index < -0.39 is 0 Å². The second kappa shape index (κ2) is 12.5. The van der Waals surface area contributed by atoms with E-state index >= 15 is 0 Å². The number of piperidine rings is 1. The molecule has 0 aromatic rings. The Hall–Kier alpha value is -0.110. The number of nitrogens with zero attached hydrogens (tertiary/aromatic N) is 2. The maximum Gasteiger partial charge on any atom is 0.224 e. The van der Waals surface area contributed by atoms with E-state index in [9.17, 15) is 4.79 Å². The lowest BCUT2D eigenvalue weighted by molar-refractivity contribution is -0.138. The predicted octanol–water partition coefficient (Wildman–Crippen LogP) is 2.22. The van der Waals surface area contributed by atoms with Crippen LogP contribution < -0.4 is 5.73 Å². The molecule has 0 spiro atoms. The second-order valence-electron chi connectivity index (χ2n) is 7.80. The van der Waals surface area contributed by atoms with E-state index in [0.717, 1.165) is 78.1 Å². The Morgan fingerprint density at radius 1 is 1.07 bits per heavy atom. The van der Waals surface area contributed by atoms with Gasteiger partial charge < -0.3 is 20.1 Å². The van der Waals surface area contributed by atoms with Crippen LogP contribution in [0.2, 0.25) is 0 Å². The van der Waals surface area contributed by atoms with Crippen molar-refractivity contribution in [3.8, 4) is 0 Å². The summed E-state index contributed by atoms with van der Waals surface area (Å²) in [4.78, 5) is 17.6. The Bertz CT molecular complexity index is 422. The highest BCUT2D eigenvalue weighted by Crippen LogP contribution is 2.39. The molecule has 27 heavy (non-hydrogen) atoms. The van der Waals surface area contributed by atoms with Crippen LogP contribution in [0.5, 0.6) is 0 Å². The number of carbonyl (C=O) groups is 1. The molecule has 0 unspecified atom stereocenters. The molecule has 0 bridgehead atoms. The number of carbonyl (C=O) groups excluding carboxylic acids is 1. The summed E-state index contributed by atoms with van der Waals surface area (Å²) in [5, 5.41) is 0. The molecule has 6 nitrogen and oxygen atoms in total. The van der Waals surface area contributed by atoms with Crippen LogP contribution in [0.15, 0.2) is 0 Å². The fraction of sp³-hybridized carbons (Fsp3) is 0.947. The van der Waals surface area contributed by atoms with Gasteiger partial charge in [-0.1, -0.05) is 12.8 Å². The van der Waals surface area contributed by atoms with Gasteiger partial charge in [0, 0.05) is 44.7 Å². The van der Waals surface area contributed by atoms with Crippen LogP contribution in [0, 0.1) is 0 Å². The summed E-state index contributed by atoms with van der Waals surface area (Å²) in [6.07, 6.45) is 8.66. The summed E-state index contributed by atoms with van der Waals surface area (Å²) in [7, 11) is 0. The van der Waals surface area contributed by atoms with Gasteiger partial charge in [-0.2, -0.15) is 0 Å². The zero-order valence-electron chi connectivity index (χ0n) is 16.4. The minimum Gasteiger partial charge on any atom is -0.379 e. The molecule has 3 aliphatic rings. The molecule has 3 rings (SSSR count). The van der Waals surface area contributed by atoms with Crippen LogP contribution >= 0.6 is 24.8 Å². The Kier molecular flexibility index (Phi) is 11.5. The Labute approximate surface area is 176 Å². The van der Waals surface area contributed by atoms with Crippen LogP contribution in [0.4, 0.5) is 0 Å². The molecule has 0 atom stereocenters. The Morgan fingerprint density at radius 3 is 2.30 bits per heavy atom. The maximum atomic E-state index is 13.0. The normalized spacial score (nSPS) is 23.5. The molecular weight excluding hydrogens is 389 g/mol. The first kappa shape index (κ1) is 24.9. The molecule has 3 fully saturated rings. The van der Waals surface area contributed by atoms with Crippen molar-refractivity contribution in [1.29, 1.82) is 0 Å². The fourth-order valence-electron chi connectivity index (χ4n) is 4.67. The molecule has 160 valence electrons. The lowest BCUT2D eigenvalue weighted by Crippen LogP contribution is -2.54. The molecule has 1 amide bonds. The summed E-state index contributed by atoms with van der Waals surface area (Å²) in [6, 6.07) is 0. The van der Waals surface area contributed by atoms with Gasteiger partial charge in [0.05, 0.1) is 19.3 Å². The van der Waals surface area contributed by atoms with Crippen molar-refractivity contribution in [3.63, 3.8) is 0 Å². The van der Waals surface area contributed by atoms with Crippen LogP contribution in [0.25, 0.3) is 0 Å². The van der Waals surface area contributed by atoms with Gasteiger partial charge in [0.2, 0.25) is 5.91 Å². The molecule has 2 aliphatic heterocycles. The Morgan fingerprint density at radius 2 is 1.70 bits per heavy atom. The highest BCUT2D eigenvalue weighted by atomic mass is 35.5. The summed E-state index contributed by atoms with van der Waals surface area (Å²) >= 11 is 0. The first-order valence-electron chi connectivity index (χ1n) is 10.2. The van der Waals surface area contributed by atoms with Crippen molar-refractivity contribution in [2.45, 2.75) is 63.0 Å². The minimum atomic E-state index is 0. The molecule has 2 saturated heterocycles. The molecule has 8 heteroatoms. The summed E-state index contributed by atoms with van der Waals surface area (Å²) in [6.45, 7) is 6.67. The highest BCUT2D eigenvalue weighted by molar-refractivity contribution is 5.85. The van der Waals surface area contributed by atoms with E-state index in [0.29, 0.717) is 25.0 Å². The molecular formula is C19H37Cl2N3O3. The van der Waals surface area contributed by atoms with E-state index in [1.54, 1.807) is 0 Å². The van der Waals surface area contributed by atoms with Crippen molar-refractivity contribution in [1.82, 2.24) is 9.80 Å². The van der Waals surface area contributed by atoms with Crippen LogP contribution in [-0.4, -0.2) is 79.9 Å². The van der Waals surface area contributed by atoms with Crippen LogP contribution in [-0.2, 0) is 14.3 Å². The Balaban J connectivity index is 0.00000182. The molecule has 0 aromatic heterocycles. The zero-order chi connectivity index (χ0) is 17.5. The average Bonchev–Trinajstić information content (AvgIpc) is 3.13. The van der Waals surface area contributed by atoms with Crippen molar-refractivity contribution in [3.05, 3.63) is 0 Å². The lowest BCUT2D eigenvalue weighted by Gasteiger charge is -2.44. The van der Waals surface area contributed by atoms with Gasteiger partial charge >= 0.3 is 0 Å². The maximum absolute atomic E-state index is 13.0. The smallest absolute Gasteiger partial charge is 0.224 e. The summed E-state index contributed by atoms with van der Waals surface area (Å²) in [5.41, 5.74) is 5.61.